The van der Waals surface area contributed by atoms with Crippen molar-refractivity contribution in [1.82, 2.24) is 5.32 Å². The lowest BCUT2D eigenvalue weighted by molar-refractivity contribution is 0.242. The van der Waals surface area contributed by atoms with Gasteiger partial charge in [0.1, 0.15) is 0 Å². The Morgan fingerprint density at radius 2 is 1.75 bits per heavy atom. The molecule has 1 aromatic rings. The van der Waals surface area contributed by atoms with E-state index in [2.05, 4.69) is 5.32 Å². The lowest BCUT2D eigenvalue weighted by Gasteiger charge is -2.16. The largest absolute Gasteiger partial charge is 0.396 e. The van der Waals surface area contributed by atoms with Crippen molar-refractivity contribution in [1.29, 1.82) is 0 Å². The smallest absolute Gasteiger partial charge is 0.0626 e. The van der Waals surface area contributed by atoms with Crippen LogP contribution >= 0.6 is 0 Å². The van der Waals surface area contributed by atoms with E-state index in [1.165, 1.54) is 0 Å². The monoisotopic (exact) mass is 223 g/mol. The second-order valence-electron chi connectivity index (χ2n) is 3.88. The maximum Gasteiger partial charge on any atom is 0.0626 e. The number of benzene rings is 1. The first-order valence-electron chi connectivity index (χ1n) is 5.88. The highest BCUT2D eigenvalue weighted by Gasteiger charge is 2.07. The molecule has 0 aromatic heterocycles. The Morgan fingerprint density at radius 1 is 1.00 bits per heavy atom. The lowest BCUT2D eigenvalue weighted by atomic mass is 10.1. The van der Waals surface area contributed by atoms with Crippen molar-refractivity contribution in [3.8, 4) is 0 Å². The molecular formula is C13H21NO2. The molecule has 0 radical (unpaired) electrons. The molecule has 0 spiro atoms. The molecule has 0 saturated heterocycles. The van der Waals surface area contributed by atoms with Crippen LogP contribution < -0.4 is 5.32 Å². The van der Waals surface area contributed by atoms with E-state index in [-0.39, 0.29) is 19.3 Å². The van der Waals surface area contributed by atoms with Crippen molar-refractivity contribution < 1.29 is 10.2 Å². The molecule has 0 saturated carbocycles. The Morgan fingerprint density at radius 3 is 2.38 bits per heavy atom. The average molecular weight is 223 g/mol. The molecule has 1 unspecified atom stereocenters. The second kappa shape index (κ2) is 8.28. The molecule has 1 aromatic carbocycles. The molecule has 0 aliphatic rings. The number of rotatable bonds is 8. The molecule has 0 heterocycles. The van der Waals surface area contributed by atoms with Gasteiger partial charge in [-0.2, -0.15) is 0 Å². The molecule has 0 aliphatic carbocycles. The van der Waals surface area contributed by atoms with Crippen LogP contribution in [0.1, 0.15) is 30.9 Å². The second-order valence-corrected chi connectivity index (χ2v) is 3.88. The zero-order valence-corrected chi connectivity index (χ0v) is 9.60. The van der Waals surface area contributed by atoms with E-state index < -0.39 is 0 Å². The first-order valence-corrected chi connectivity index (χ1v) is 5.88. The van der Waals surface area contributed by atoms with Gasteiger partial charge in [-0.3, -0.25) is 0 Å². The third kappa shape index (κ3) is 4.75. The van der Waals surface area contributed by atoms with Crippen LogP contribution in [0.3, 0.4) is 0 Å². The van der Waals surface area contributed by atoms with Gasteiger partial charge in [0.05, 0.1) is 12.6 Å². The lowest BCUT2D eigenvalue weighted by Crippen LogP contribution is -2.25. The Balaban J connectivity index is 2.27. The van der Waals surface area contributed by atoms with Crippen LogP contribution in [-0.4, -0.2) is 30.0 Å². The summed E-state index contributed by atoms with van der Waals surface area (Å²) in [5.41, 5.74) is 1.12. The minimum atomic E-state index is 0.0235. The number of aliphatic hydroxyl groups is 2. The minimum Gasteiger partial charge on any atom is -0.396 e. The van der Waals surface area contributed by atoms with E-state index in [1.807, 2.05) is 30.3 Å². The molecule has 1 atom stereocenters. The van der Waals surface area contributed by atoms with Crippen molar-refractivity contribution in [3.63, 3.8) is 0 Å². The summed E-state index contributed by atoms with van der Waals surface area (Å²) in [4.78, 5) is 0. The molecule has 90 valence electrons. The summed E-state index contributed by atoms with van der Waals surface area (Å²) in [7, 11) is 0. The fourth-order valence-corrected chi connectivity index (χ4v) is 1.66. The normalized spacial score (nSPS) is 12.6. The van der Waals surface area contributed by atoms with E-state index >= 15 is 0 Å². The van der Waals surface area contributed by atoms with Crippen molar-refractivity contribution in [2.45, 2.75) is 25.3 Å². The number of hydrogen-bond acceptors (Lipinski definition) is 3. The van der Waals surface area contributed by atoms with E-state index in [0.717, 1.165) is 31.4 Å². The third-order valence-corrected chi connectivity index (χ3v) is 2.61. The van der Waals surface area contributed by atoms with Crippen LogP contribution in [0.2, 0.25) is 0 Å². The molecule has 3 nitrogen and oxygen atoms in total. The van der Waals surface area contributed by atoms with Crippen LogP contribution in [0.25, 0.3) is 0 Å². The Hall–Kier alpha value is -0.900. The summed E-state index contributed by atoms with van der Waals surface area (Å²) in [5, 5.41) is 21.2. The highest BCUT2D eigenvalue weighted by molar-refractivity contribution is 5.18. The van der Waals surface area contributed by atoms with E-state index in [4.69, 9.17) is 5.11 Å². The van der Waals surface area contributed by atoms with Gasteiger partial charge in [-0.25, -0.2) is 0 Å². The van der Waals surface area contributed by atoms with Gasteiger partial charge in [-0.1, -0.05) is 30.3 Å². The molecule has 16 heavy (non-hydrogen) atoms. The van der Waals surface area contributed by atoms with Gasteiger partial charge < -0.3 is 15.5 Å². The van der Waals surface area contributed by atoms with Gasteiger partial charge >= 0.3 is 0 Å². The van der Waals surface area contributed by atoms with Crippen LogP contribution in [-0.2, 0) is 0 Å². The minimum absolute atomic E-state index is 0.0235. The molecular weight excluding hydrogens is 202 g/mol. The van der Waals surface area contributed by atoms with Gasteiger partial charge in [0.2, 0.25) is 0 Å². The van der Waals surface area contributed by atoms with Gasteiger partial charge in [0.25, 0.3) is 0 Å². The van der Waals surface area contributed by atoms with Crippen LogP contribution in [0.15, 0.2) is 30.3 Å². The fourth-order valence-electron chi connectivity index (χ4n) is 1.66. The van der Waals surface area contributed by atoms with Crippen molar-refractivity contribution >= 4 is 0 Å². The standard InChI is InChI=1S/C13H21NO2/c15-10-6-2-5-9-14-13(11-16)12-7-3-1-4-8-12/h1,3-4,7-8,13-16H,2,5-6,9-11H2. The zero-order chi connectivity index (χ0) is 11.6. The summed E-state index contributed by atoms with van der Waals surface area (Å²) in [6.45, 7) is 1.26. The Bertz CT molecular complexity index is 264. The van der Waals surface area contributed by atoms with Gasteiger partial charge in [-0.05, 0) is 31.4 Å². The number of nitrogens with one attached hydrogen (secondary N) is 1. The fraction of sp³-hybridized carbons (Fsp3) is 0.538. The summed E-state index contributed by atoms with van der Waals surface area (Å²) in [6, 6.07) is 9.98. The van der Waals surface area contributed by atoms with Crippen molar-refractivity contribution in [2.75, 3.05) is 19.8 Å². The first-order chi connectivity index (χ1) is 7.88. The highest BCUT2D eigenvalue weighted by Crippen LogP contribution is 2.11. The molecule has 0 fully saturated rings. The van der Waals surface area contributed by atoms with E-state index in [9.17, 15) is 5.11 Å². The number of aliphatic hydroxyl groups excluding tert-OH is 2. The SMILES string of the molecule is OCCCCCNC(CO)c1ccccc1. The predicted molar refractivity (Wildman–Crippen MR) is 65.2 cm³/mol. The maximum absolute atomic E-state index is 9.28. The Labute approximate surface area is 97.1 Å². The topological polar surface area (TPSA) is 52.5 Å². The maximum atomic E-state index is 9.28. The van der Waals surface area contributed by atoms with Crippen LogP contribution in [0.5, 0.6) is 0 Å². The first kappa shape index (κ1) is 13.2. The molecule has 1 rings (SSSR count). The van der Waals surface area contributed by atoms with Gasteiger partial charge in [0.15, 0.2) is 0 Å². The molecule has 0 bridgehead atoms. The summed E-state index contributed by atoms with van der Waals surface area (Å²) in [6.07, 6.45) is 2.91. The van der Waals surface area contributed by atoms with Gasteiger partial charge in [0, 0.05) is 6.61 Å². The van der Waals surface area contributed by atoms with E-state index in [1.54, 1.807) is 0 Å². The molecule has 3 N–H and O–H groups in total. The van der Waals surface area contributed by atoms with Crippen LogP contribution in [0, 0.1) is 0 Å². The zero-order valence-electron chi connectivity index (χ0n) is 9.60. The van der Waals surface area contributed by atoms with Crippen LogP contribution in [0.4, 0.5) is 0 Å². The number of unbranched alkanes of at least 4 members (excludes halogenated alkanes) is 2. The van der Waals surface area contributed by atoms with Crippen molar-refractivity contribution in [3.05, 3.63) is 35.9 Å². The average Bonchev–Trinajstić information content (AvgIpc) is 2.35. The van der Waals surface area contributed by atoms with Crippen molar-refractivity contribution in [2.24, 2.45) is 0 Å². The predicted octanol–water partition coefficient (Wildman–Crippen LogP) is 1.47. The number of hydrogen-bond donors (Lipinski definition) is 3. The van der Waals surface area contributed by atoms with Gasteiger partial charge in [-0.15, -0.1) is 0 Å². The highest BCUT2D eigenvalue weighted by atomic mass is 16.3. The molecule has 3 heteroatoms. The summed E-state index contributed by atoms with van der Waals surface area (Å²) < 4.78 is 0. The summed E-state index contributed by atoms with van der Waals surface area (Å²) >= 11 is 0. The molecule has 0 amide bonds. The third-order valence-electron chi connectivity index (χ3n) is 2.61. The Kier molecular flexibility index (Phi) is 6.81. The summed E-state index contributed by atoms with van der Waals surface area (Å²) in [5.74, 6) is 0. The quantitative estimate of drug-likeness (QED) is 0.585. The molecule has 0 aliphatic heterocycles. The van der Waals surface area contributed by atoms with E-state index in [0.29, 0.717) is 0 Å².